The fourth-order valence-electron chi connectivity index (χ4n) is 3.23. The molecule has 2 aromatic carbocycles. The summed E-state index contributed by atoms with van der Waals surface area (Å²) in [6.07, 6.45) is 0.683. The quantitative estimate of drug-likeness (QED) is 0.577. The summed E-state index contributed by atoms with van der Waals surface area (Å²) in [4.78, 5) is 8.03. The molecule has 0 saturated heterocycles. The van der Waals surface area contributed by atoms with Gasteiger partial charge < -0.3 is 4.98 Å². The first-order valence-electron chi connectivity index (χ1n) is 8.27. The molecule has 0 fully saturated rings. The molecule has 0 aliphatic heterocycles. The molecular formula is C22H17N3. The van der Waals surface area contributed by atoms with Crippen LogP contribution in [0.3, 0.4) is 0 Å². The molecule has 4 rings (SSSR count). The maximum absolute atomic E-state index is 9.10. The van der Waals surface area contributed by atoms with Crippen LogP contribution >= 0.6 is 0 Å². The molecule has 0 saturated carbocycles. The van der Waals surface area contributed by atoms with E-state index in [0.29, 0.717) is 12.1 Å². The van der Waals surface area contributed by atoms with Gasteiger partial charge >= 0.3 is 0 Å². The summed E-state index contributed by atoms with van der Waals surface area (Å²) in [5.74, 6) is 0. The fraction of sp³-hybridized carbons (Fsp3) is 0.0909. The first-order chi connectivity index (χ1) is 12.2. The number of aromatic nitrogens is 2. The van der Waals surface area contributed by atoms with E-state index in [-0.39, 0.29) is 0 Å². The molecular weight excluding hydrogens is 306 g/mol. The van der Waals surface area contributed by atoms with Crippen molar-refractivity contribution in [2.45, 2.75) is 13.3 Å². The second-order valence-electron chi connectivity index (χ2n) is 6.20. The number of pyridine rings is 1. The van der Waals surface area contributed by atoms with Gasteiger partial charge in [0.05, 0.1) is 5.69 Å². The third-order valence-corrected chi connectivity index (χ3v) is 4.40. The summed E-state index contributed by atoms with van der Waals surface area (Å²) in [6.45, 7) is 2.10. The maximum atomic E-state index is 9.10. The highest BCUT2D eigenvalue weighted by molar-refractivity contribution is 5.91. The van der Waals surface area contributed by atoms with E-state index in [1.54, 1.807) is 6.07 Å². The Morgan fingerprint density at radius 3 is 2.64 bits per heavy atom. The van der Waals surface area contributed by atoms with Crippen molar-refractivity contribution in [1.82, 2.24) is 9.97 Å². The largest absolute Gasteiger partial charge is 0.354 e. The van der Waals surface area contributed by atoms with Crippen LogP contribution in [0.1, 0.15) is 22.5 Å². The third-order valence-electron chi connectivity index (χ3n) is 4.40. The van der Waals surface area contributed by atoms with E-state index in [1.165, 1.54) is 16.5 Å². The smallest absolute Gasteiger partial charge is 0.140 e. The molecule has 0 radical (unpaired) electrons. The molecule has 2 heterocycles. The minimum atomic E-state index is 0.453. The molecule has 3 nitrogen and oxygen atoms in total. The van der Waals surface area contributed by atoms with Gasteiger partial charge in [0, 0.05) is 23.0 Å². The van der Waals surface area contributed by atoms with Crippen LogP contribution in [-0.2, 0) is 6.42 Å². The van der Waals surface area contributed by atoms with Crippen molar-refractivity contribution in [1.29, 1.82) is 5.26 Å². The fourth-order valence-corrected chi connectivity index (χ4v) is 3.23. The minimum absolute atomic E-state index is 0.453. The van der Waals surface area contributed by atoms with Gasteiger partial charge in [-0.15, -0.1) is 0 Å². The molecule has 25 heavy (non-hydrogen) atoms. The van der Waals surface area contributed by atoms with Crippen molar-refractivity contribution in [2.75, 3.05) is 0 Å². The van der Waals surface area contributed by atoms with Gasteiger partial charge in [0.2, 0.25) is 0 Å². The van der Waals surface area contributed by atoms with Crippen LogP contribution in [0.5, 0.6) is 0 Å². The first kappa shape index (κ1) is 15.2. The Labute approximate surface area is 146 Å². The molecule has 1 N–H and O–H groups in total. The summed E-state index contributed by atoms with van der Waals surface area (Å²) >= 11 is 0. The van der Waals surface area contributed by atoms with Crippen molar-refractivity contribution >= 4 is 10.9 Å². The van der Waals surface area contributed by atoms with Gasteiger partial charge in [0.25, 0.3) is 0 Å². The van der Waals surface area contributed by atoms with E-state index >= 15 is 0 Å². The van der Waals surface area contributed by atoms with Crippen LogP contribution < -0.4 is 0 Å². The van der Waals surface area contributed by atoms with Crippen LogP contribution in [0.4, 0.5) is 0 Å². The van der Waals surface area contributed by atoms with Crippen LogP contribution in [0.25, 0.3) is 22.2 Å². The Hall–Kier alpha value is -3.38. The number of aryl methyl sites for hydroxylation is 1. The number of fused-ring (bicyclic) bond motifs is 1. The monoisotopic (exact) mass is 323 g/mol. The summed E-state index contributed by atoms with van der Waals surface area (Å²) in [6, 6.07) is 24.5. The molecule has 0 unspecified atom stereocenters. The SMILES string of the molecule is Cc1ccc2c(Cc3cccc(C#N)n3)c(-c3ccccc3)[nH]c2c1. The van der Waals surface area contributed by atoms with E-state index in [4.69, 9.17) is 5.26 Å². The predicted octanol–water partition coefficient (Wildman–Crippen LogP) is 5.00. The normalized spacial score (nSPS) is 10.7. The number of aromatic amines is 1. The molecule has 4 aromatic rings. The van der Waals surface area contributed by atoms with Crippen LogP contribution in [0.2, 0.25) is 0 Å². The van der Waals surface area contributed by atoms with Gasteiger partial charge in [0.1, 0.15) is 11.8 Å². The van der Waals surface area contributed by atoms with Gasteiger partial charge in [-0.1, -0.05) is 48.5 Å². The van der Waals surface area contributed by atoms with Gasteiger partial charge in [-0.3, -0.25) is 0 Å². The predicted molar refractivity (Wildman–Crippen MR) is 100 cm³/mol. The van der Waals surface area contributed by atoms with Crippen molar-refractivity contribution < 1.29 is 0 Å². The number of nitriles is 1. The third kappa shape index (κ3) is 2.90. The maximum Gasteiger partial charge on any atom is 0.140 e. The number of rotatable bonds is 3. The summed E-state index contributed by atoms with van der Waals surface area (Å²) in [5, 5.41) is 10.3. The van der Waals surface area contributed by atoms with Crippen LogP contribution in [0.15, 0.2) is 66.7 Å². The van der Waals surface area contributed by atoms with Gasteiger partial charge in [0.15, 0.2) is 0 Å². The zero-order chi connectivity index (χ0) is 17.2. The Bertz CT molecular complexity index is 1090. The lowest BCUT2D eigenvalue weighted by atomic mass is 10.0. The minimum Gasteiger partial charge on any atom is -0.354 e. The molecule has 0 amide bonds. The van der Waals surface area contributed by atoms with Gasteiger partial charge in [-0.25, -0.2) is 4.98 Å². The summed E-state index contributed by atoms with van der Waals surface area (Å²) in [5.41, 5.74) is 7.19. The van der Waals surface area contributed by atoms with E-state index in [2.05, 4.69) is 53.3 Å². The van der Waals surface area contributed by atoms with E-state index < -0.39 is 0 Å². The van der Waals surface area contributed by atoms with E-state index in [9.17, 15) is 0 Å². The van der Waals surface area contributed by atoms with E-state index in [1.807, 2.05) is 30.3 Å². The van der Waals surface area contributed by atoms with Crippen molar-refractivity contribution in [3.05, 3.63) is 89.2 Å². The summed E-state index contributed by atoms with van der Waals surface area (Å²) in [7, 11) is 0. The zero-order valence-electron chi connectivity index (χ0n) is 14.0. The number of hydrogen-bond acceptors (Lipinski definition) is 2. The van der Waals surface area contributed by atoms with Crippen LogP contribution in [0, 0.1) is 18.3 Å². The Morgan fingerprint density at radius 2 is 1.84 bits per heavy atom. The highest BCUT2D eigenvalue weighted by Crippen LogP contribution is 2.32. The number of H-pyrrole nitrogens is 1. The van der Waals surface area contributed by atoms with Gasteiger partial charge in [-0.05, 0) is 41.8 Å². The molecule has 3 heteroatoms. The molecule has 0 aliphatic carbocycles. The van der Waals surface area contributed by atoms with Crippen molar-refractivity contribution in [3.8, 4) is 17.3 Å². The highest BCUT2D eigenvalue weighted by atomic mass is 14.7. The number of nitrogens with one attached hydrogen (secondary N) is 1. The Kier molecular flexibility index (Phi) is 3.80. The topological polar surface area (TPSA) is 52.5 Å². The van der Waals surface area contributed by atoms with Crippen molar-refractivity contribution in [3.63, 3.8) is 0 Å². The molecule has 120 valence electrons. The first-order valence-corrected chi connectivity index (χ1v) is 8.27. The molecule has 2 aromatic heterocycles. The second-order valence-corrected chi connectivity index (χ2v) is 6.20. The number of hydrogen-bond donors (Lipinski definition) is 1. The zero-order valence-corrected chi connectivity index (χ0v) is 14.0. The van der Waals surface area contributed by atoms with Crippen LogP contribution in [-0.4, -0.2) is 9.97 Å². The number of benzene rings is 2. The lowest BCUT2D eigenvalue weighted by molar-refractivity contribution is 1.07. The number of nitrogens with zero attached hydrogens (tertiary/aromatic N) is 2. The second kappa shape index (κ2) is 6.26. The average Bonchev–Trinajstić information content (AvgIpc) is 3.00. The molecule has 0 bridgehead atoms. The molecule has 0 aliphatic rings. The van der Waals surface area contributed by atoms with Gasteiger partial charge in [-0.2, -0.15) is 5.26 Å². The average molecular weight is 323 g/mol. The highest BCUT2D eigenvalue weighted by Gasteiger charge is 2.14. The molecule has 0 atom stereocenters. The lowest BCUT2D eigenvalue weighted by Gasteiger charge is -2.06. The van der Waals surface area contributed by atoms with Crippen molar-refractivity contribution in [2.24, 2.45) is 0 Å². The van der Waals surface area contributed by atoms with E-state index in [0.717, 1.165) is 22.5 Å². The lowest BCUT2D eigenvalue weighted by Crippen LogP contribution is -1.95. The summed E-state index contributed by atoms with van der Waals surface area (Å²) < 4.78 is 0. The standard InChI is InChI=1S/C22H17N3/c1-15-10-11-19-20(13-17-8-5-9-18(14-23)24-17)22(25-21(19)12-15)16-6-3-2-4-7-16/h2-12,25H,13H2,1H3. The Balaban J connectivity index is 1.90. The Morgan fingerprint density at radius 1 is 1.00 bits per heavy atom. The molecule has 0 spiro atoms.